The van der Waals surface area contributed by atoms with Crippen molar-refractivity contribution in [3.63, 3.8) is 0 Å². The van der Waals surface area contributed by atoms with Gasteiger partial charge in [-0.25, -0.2) is 0 Å². The van der Waals surface area contributed by atoms with Crippen LogP contribution in [-0.2, 0) is 0 Å². The summed E-state index contributed by atoms with van der Waals surface area (Å²) in [5.74, 6) is 0. The minimum atomic E-state index is -0.917. The van der Waals surface area contributed by atoms with Gasteiger partial charge in [-0.15, -0.1) is 0 Å². The van der Waals surface area contributed by atoms with Crippen molar-refractivity contribution in [2.24, 2.45) is 0 Å². The van der Waals surface area contributed by atoms with E-state index in [4.69, 9.17) is 0 Å². The summed E-state index contributed by atoms with van der Waals surface area (Å²) in [5, 5.41) is 31.5. The van der Waals surface area contributed by atoms with Crippen LogP contribution in [0.25, 0.3) is 0 Å². The number of rotatable bonds is 3. The summed E-state index contributed by atoms with van der Waals surface area (Å²) in [4.78, 5) is 28.8. The van der Waals surface area contributed by atoms with Crippen LogP contribution in [0, 0.1) is 37.3 Å². The van der Waals surface area contributed by atoms with Crippen molar-refractivity contribution >= 4 is 17.1 Å². The summed E-state index contributed by atoms with van der Waals surface area (Å²) in [7, 11) is 0. The minimum absolute atomic E-state index is 0. The summed E-state index contributed by atoms with van der Waals surface area (Å²) in [5.41, 5.74) is -2.16. The molecule has 0 radical (unpaired) electrons. The maximum absolute atomic E-state index is 10.5. The molecule has 17 heavy (non-hydrogen) atoms. The molecule has 1 aromatic carbocycles. The average molecular weight is 244 g/mol. The third-order valence-corrected chi connectivity index (χ3v) is 1.94. The van der Waals surface area contributed by atoms with Gasteiger partial charge in [0, 0.05) is 0 Å². The van der Waals surface area contributed by atoms with E-state index in [9.17, 15) is 30.3 Å². The first-order valence-corrected chi connectivity index (χ1v) is 3.92. The second-order valence-corrected chi connectivity index (χ2v) is 2.88. The Labute approximate surface area is 93.9 Å². The molecule has 0 aliphatic rings. The Morgan fingerprint density at radius 2 is 1.24 bits per heavy atom. The van der Waals surface area contributed by atoms with Gasteiger partial charge in [-0.1, -0.05) is 0 Å². The van der Waals surface area contributed by atoms with Gasteiger partial charge < -0.3 is 6.15 Å². The fraction of sp³-hybridized carbons (Fsp3) is 0.143. The fourth-order valence-corrected chi connectivity index (χ4v) is 1.15. The normalized spacial score (nSPS) is 9.24. The highest BCUT2D eigenvalue weighted by Crippen LogP contribution is 2.32. The van der Waals surface area contributed by atoms with Crippen LogP contribution in [0.5, 0.6) is 0 Å². The molecule has 0 bridgehead atoms. The third kappa shape index (κ3) is 2.69. The minimum Gasteiger partial charge on any atom is -0.344 e. The molecule has 10 heteroatoms. The lowest BCUT2D eigenvalue weighted by Gasteiger charge is -1.99. The Morgan fingerprint density at radius 1 is 0.882 bits per heavy atom. The van der Waals surface area contributed by atoms with E-state index in [0.717, 1.165) is 0 Å². The number of nitro groups is 3. The fourth-order valence-electron chi connectivity index (χ4n) is 1.15. The van der Waals surface area contributed by atoms with Gasteiger partial charge in [0.05, 0.1) is 26.9 Å². The first-order chi connectivity index (χ1) is 7.34. The van der Waals surface area contributed by atoms with E-state index < -0.39 is 31.8 Å². The van der Waals surface area contributed by atoms with Crippen LogP contribution < -0.4 is 6.15 Å². The maximum atomic E-state index is 10.5. The monoisotopic (exact) mass is 244 g/mol. The largest absolute Gasteiger partial charge is 0.344 e. The molecule has 0 fully saturated rings. The van der Waals surface area contributed by atoms with Crippen LogP contribution in [0.4, 0.5) is 17.1 Å². The number of nitrogens with zero attached hydrogens (tertiary/aromatic N) is 3. The number of benzene rings is 1. The second-order valence-electron chi connectivity index (χ2n) is 2.88. The maximum Gasteiger partial charge on any atom is 0.286 e. The molecule has 1 aromatic rings. The van der Waals surface area contributed by atoms with Crippen LogP contribution in [0.3, 0.4) is 0 Å². The number of nitro benzene ring substituents is 3. The molecule has 0 aliphatic heterocycles. The van der Waals surface area contributed by atoms with Crippen molar-refractivity contribution in [1.82, 2.24) is 6.15 Å². The van der Waals surface area contributed by atoms with Crippen LogP contribution in [-0.4, -0.2) is 14.8 Å². The summed E-state index contributed by atoms with van der Waals surface area (Å²) in [6.07, 6.45) is 0. The highest BCUT2D eigenvalue weighted by atomic mass is 16.6. The molecule has 0 aliphatic carbocycles. The molecule has 3 N–H and O–H groups in total. The summed E-state index contributed by atoms with van der Waals surface area (Å²) in [6, 6.07) is 1.39. The lowest BCUT2D eigenvalue weighted by molar-refractivity contribution is -0.403. The van der Waals surface area contributed by atoms with Gasteiger partial charge in [-0.3, -0.25) is 30.3 Å². The second kappa shape index (κ2) is 4.94. The van der Waals surface area contributed by atoms with Crippen LogP contribution in [0.15, 0.2) is 12.1 Å². The molecule has 0 atom stereocenters. The number of non-ortho nitro benzene ring substituents is 1. The topological polar surface area (TPSA) is 164 Å². The lowest BCUT2D eigenvalue weighted by Crippen LogP contribution is -2.00. The Bertz CT molecular complexity index is 464. The van der Waals surface area contributed by atoms with E-state index in [1.807, 2.05) is 0 Å². The Balaban J connectivity index is 0.00000256. The van der Waals surface area contributed by atoms with Crippen LogP contribution in [0.2, 0.25) is 0 Å². The molecular weight excluding hydrogens is 236 g/mol. The van der Waals surface area contributed by atoms with Gasteiger partial charge in [0.1, 0.15) is 5.56 Å². The first kappa shape index (κ1) is 14.4. The average Bonchev–Trinajstić information content (AvgIpc) is 2.16. The van der Waals surface area contributed by atoms with Gasteiger partial charge >= 0.3 is 0 Å². The zero-order valence-electron chi connectivity index (χ0n) is 8.65. The Morgan fingerprint density at radius 3 is 1.47 bits per heavy atom. The highest BCUT2D eigenvalue weighted by Gasteiger charge is 2.27. The van der Waals surface area contributed by atoms with Gasteiger partial charge in [-0.05, 0) is 6.92 Å². The molecule has 10 nitrogen and oxygen atoms in total. The van der Waals surface area contributed by atoms with Gasteiger partial charge in [-0.2, -0.15) is 0 Å². The summed E-state index contributed by atoms with van der Waals surface area (Å²) in [6.45, 7) is 1.17. The van der Waals surface area contributed by atoms with Gasteiger partial charge in [0.25, 0.3) is 17.1 Å². The van der Waals surface area contributed by atoms with Crippen molar-refractivity contribution in [2.75, 3.05) is 0 Å². The SMILES string of the molecule is Cc1c([N+](=O)[O-])cc([N+](=O)[O-])cc1[N+](=O)[O-].N. The van der Waals surface area contributed by atoms with Crippen molar-refractivity contribution in [1.29, 1.82) is 0 Å². The Hall–Kier alpha value is -2.62. The molecular formula is C7H8N4O6. The summed E-state index contributed by atoms with van der Waals surface area (Å²) >= 11 is 0. The van der Waals surface area contributed by atoms with E-state index in [0.29, 0.717) is 12.1 Å². The molecule has 0 unspecified atom stereocenters. The quantitative estimate of drug-likeness (QED) is 0.625. The Kier molecular flexibility index (Phi) is 4.18. The predicted molar refractivity (Wildman–Crippen MR) is 56.2 cm³/mol. The lowest BCUT2D eigenvalue weighted by atomic mass is 10.1. The highest BCUT2D eigenvalue weighted by molar-refractivity contribution is 5.59. The molecule has 92 valence electrons. The van der Waals surface area contributed by atoms with E-state index in [1.54, 1.807) is 0 Å². The molecule has 0 aromatic heterocycles. The predicted octanol–water partition coefficient (Wildman–Crippen LogP) is 1.88. The van der Waals surface area contributed by atoms with E-state index in [1.165, 1.54) is 6.92 Å². The summed E-state index contributed by atoms with van der Waals surface area (Å²) < 4.78 is 0. The van der Waals surface area contributed by atoms with E-state index in [-0.39, 0.29) is 11.7 Å². The molecule has 0 saturated carbocycles. The van der Waals surface area contributed by atoms with Crippen molar-refractivity contribution in [3.05, 3.63) is 48.0 Å². The van der Waals surface area contributed by atoms with Crippen LogP contribution >= 0.6 is 0 Å². The van der Waals surface area contributed by atoms with Crippen molar-refractivity contribution < 1.29 is 14.8 Å². The van der Waals surface area contributed by atoms with Crippen molar-refractivity contribution in [3.8, 4) is 0 Å². The first-order valence-electron chi connectivity index (χ1n) is 3.92. The van der Waals surface area contributed by atoms with Gasteiger partial charge in [0.2, 0.25) is 0 Å². The van der Waals surface area contributed by atoms with E-state index in [2.05, 4.69) is 0 Å². The smallest absolute Gasteiger partial charge is 0.286 e. The molecule has 0 heterocycles. The molecule has 0 spiro atoms. The zero-order chi connectivity index (χ0) is 12.5. The number of hydrogen-bond donors (Lipinski definition) is 1. The standard InChI is InChI=1S/C7H5N3O6.H3N/c1-4-6(9(13)14)2-5(8(11)12)3-7(4)10(15)16;/h2-3H,1H3;1H3. The third-order valence-electron chi connectivity index (χ3n) is 1.94. The number of hydrogen-bond acceptors (Lipinski definition) is 7. The molecule has 1 rings (SSSR count). The van der Waals surface area contributed by atoms with Crippen LogP contribution in [0.1, 0.15) is 5.56 Å². The van der Waals surface area contributed by atoms with E-state index >= 15 is 0 Å². The molecule has 0 saturated heterocycles. The molecule has 0 amide bonds. The van der Waals surface area contributed by atoms with Crippen molar-refractivity contribution in [2.45, 2.75) is 6.92 Å². The zero-order valence-corrected chi connectivity index (χ0v) is 8.65. The van der Waals surface area contributed by atoms with Gasteiger partial charge in [0.15, 0.2) is 0 Å².